The van der Waals surface area contributed by atoms with Crippen LogP contribution in [-0.4, -0.2) is 90.2 Å². The minimum absolute atomic E-state index is 0.110. The van der Waals surface area contributed by atoms with E-state index in [1.54, 1.807) is 38.4 Å². The van der Waals surface area contributed by atoms with Crippen LogP contribution in [0.3, 0.4) is 0 Å². The largest absolute Gasteiger partial charge is 0.345 e. The topological polar surface area (TPSA) is 73.0 Å². The van der Waals surface area contributed by atoms with Crippen molar-refractivity contribution in [3.8, 4) is 0 Å². The van der Waals surface area contributed by atoms with Gasteiger partial charge in [0.2, 0.25) is 11.8 Å². The van der Waals surface area contributed by atoms with E-state index in [1.165, 1.54) is 4.90 Å². The van der Waals surface area contributed by atoms with Gasteiger partial charge in [0.25, 0.3) is 5.91 Å². The lowest BCUT2D eigenvalue weighted by Gasteiger charge is -2.32. The predicted molar refractivity (Wildman–Crippen MR) is 112 cm³/mol. The molecule has 7 nitrogen and oxygen atoms in total. The first kappa shape index (κ1) is 20.7. The van der Waals surface area contributed by atoms with Crippen LogP contribution in [0.2, 0.25) is 0 Å². The molecule has 3 amide bonds. The first-order valence-electron chi connectivity index (χ1n) is 9.68. The zero-order valence-corrected chi connectivity index (χ0v) is 17.3. The predicted octanol–water partition coefficient (Wildman–Crippen LogP) is 1.37. The quantitative estimate of drug-likeness (QED) is 0.802. The fraction of sp³-hybridized carbons (Fsp3) is 0.550. The number of benzene rings is 1. The van der Waals surface area contributed by atoms with E-state index < -0.39 is 0 Å². The average molecular weight is 405 g/mol. The molecule has 3 rings (SSSR count). The molecule has 1 aromatic carbocycles. The van der Waals surface area contributed by atoms with E-state index >= 15 is 0 Å². The zero-order valence-electron chi connectivity index (χ0n) is 16.5. The lowest BCUT2D eigenvalue weighted by molar-refractivity contribution is -0.136. The van der Waals surface area contributed by atoms with Crippen LogP contribution in [0.15, 0.2) is 24.3 Å². The summed E-state index contributed by atoms with van der Waals surface area (Å²) in [7, 11) is 3.39. The van der Waals surface area contributed by atoms with Gasteiger partial charge >= 0.3 is 0 Å². The van der Waals surface area contributed by atoms with Crippen LogP contribution in [0, 0.1) is 0 Å². The monoisotopic (exact) mass is 404 g/mol. The van der Waals surface area contributed by atoms with E-state index in [0.29, 0.717) is 11.3 Å². The van der Waals surface area contributed by atoms with Crippen LogP contribution >= 0.6 is 11.8 Å². The van der Waals surface area contributed by atoms with E-state index in [4.69, 9.17) is 0 Å². The minimum atomic E-state index is -0.199. The molecule has 0 spiro atoms. The highest BCUT2D eigenvalue weighted by molar-refractivity contribution is 7.99. The molecule has 8 heteroatoms. The van der Waals surface area contributed by atoms with Gasteiger partial charge in [-0.05, 0) is 37.6 Å². The SMILES string of the molecule is CN(C)C(=O)c1cccc(NC(=O)CN2CCCC2C(=O)N2CCSCC2)c1. The molecule has 0 aromatic heterocycles. The number of nitrogens with zero attached hydrogens (tertiary/aromatic N) is 3. The number of carbonyl (C=O) groups is 3. The molecule has 152 valence electrons. The number of nitrogens with one attached hydrogen (secondary N) is 1. The number of hydrogen-bond donors (Lipinski definition) is 1. The van der Waals surface area contributed by atoms with Gasteiger partial charge in [0.05, 0.1) is 12.6 Å². The lowest BCUT2D eigenvalue weighted by Crippen LogP contribution is -2.49. The maximum Gasteiger partial charge on any atom is 0.253 e. The van der Waals surface area contributed by atoms with Crippen molar-refractivity contribution >= 4 is 35.2 Å². The Morgan fingerprint density at radius 3 is 2.64 bits per heavy atom. The summed E-state index contributed by atoms with van der Waals surface area (Å²) in [5, 5.41) is 2.86. The number of rotatable bonds is 5. The van der Waals surface area contributed by atoms with Crippen LogP contribution in [0.25, 0.3) is 0 Å². The summed E-state index contributed by atoms with van der Waals surface area (Å²) in [6, 6.07) is 6.73. The van der Waals surface area contributed by atoms with Gasteiger partial charge in [-0.2, -0.15) is 11.8 Å². The molecular formula is C20H28N4O3S. The molecule has 2 heterocycles. The Hall–Kier alpha value is -2.06. The van der Waals surface area contributed by atoms with Gasteiger partial charge in [0, 0.05) is 49.9 Å². The van der Waals surface area contributed by atoms with E-state index in [-0.39, 0.29) is 30.3 Å². The van der Waals surface area contributed by atoms with Gasteiger partial charge in [-0.15, -0.1) is 0 Å². The van der Waals surface area contributed by atoms with Crippen molar-refractivity contribution in [2.45, 2.75) is 18.9 Å². The Kier molecular flexibility index (Phi) is 6.96. The molecule has 0 aliphatic carbocycles. The summed E-state index contributed by atoms with van der Waals surface area (Å²) >= 11 is 1.88. The fourth-order valence-electron chi connectivity index (χ4n) is 3.66. The van der Waals surface area contributed by atoms with Crippen molar-refractivity contribution in [2.75, 3.05) is 57.1 Å². The van der Waals surface area contributed by atoms with E-state index in [1.807, 2.05) is 21.6 Å². The van der Waals surface area contributed by atoms with Gasteiger partial charge in [0.1, 0.15) is 0 Å². The summed E-state index contributed by atoms with van der Waals surface area (Å²) in [5.41, 5.74) is 1.12. The van der Waals surface area contributed by atoms with Gasteiger partial charge in [0.15, 0.2) is 0 Å². The molecule has 2 aliphatic heterocycles. The van der Waals surface area contributed by atoms with Gasteiger partial charge < -0.3 is 15.1 Å². The van der Waals surface area contributed by atoms with Gasteiger partial charge in [-0.3, -0.25) is 19.3 Å². The van der Waals surface area contributed by atoms with Crippen molar-refractivity contribution in [1.29, 1.82) is 0 Å². The maximum atomic E-state index is 12.8. The molecule has 0 saturated carbocycles. The molecule has 2 saturated heterocycles. The van der Waals surface area contributed by atoms with Crippen molar-refractivity contribution < 1.29 is 14.4 Å². The second-order valence-corrected chi connectivity index (χ2v) is 8.62. The van der Waals surface area contributed by atoms with Crippen LogP contribution < -0.4 is 5.32 Å². The molecule has 1 unspecified atom stereocenters. The van der Waals surface area contributed by atoms with Crippen molar-refractivity contribution in [2.24, 2.45) is 0 Å². The highest BCUT2D eigenvalue weighted by Crippen LogP contribution is 2.21. The second-order valence-electron chi connectivity index (χ2n) is 7.39. The third-order valence-corrected chi connectivity index (χ3v) is 6.06. The Morgan fingerprint density at radius 1 is 1.18 bits per heavy atom. The molecule has 2 aliphatic rings. The Morgan fingerprint density at radius 2 is 1.93 bits per heavy atom. The number of amides is 3. The molecule has 0 radical (unpaired) electrons. The maximum absolute atomic E-state index is 12.8. The van der Waals surface area contributed by atoms with Crippen molar-refractivity contribution in [1.82, 2.24) is 14.7 Å². The summed E-state index contributed by atoms with van der Waals surface area (Å²) < 4.78 is 0. The highest BCUT2D eigenvalue weighted by atomic mass is 32.2. The van der Waals surface area contributed by atoms with Crippen LogP contribution in [0.4, 0.5) is 5.69 Å². The molecular weight excluding hydrogens is 376 g/mol. The number of hydrogen-bond acceptors (Lipinski definition) is 5. The third kappa shape index (κ3) is 5.05. The van der Waals surface area contributed by atoms with E-state index in [2.05, 4.69) is 5.32 Å². The summed E-state index contributed by atoms with van der Waals surface area (Å²) in [6.45, 7) is 2.54. The normalized spacial score (nSPS) is 20.1. The average Bonchev–Trinajstić information content (AvgIpc) is 3.15. The van der Waals surface area contributed by atoms with Crippen LogP contribution in [0.5, 0.6) is 0 Å². The van der Waals surface area contributed by atoms with E-state index in [9.17, 15) is 14.4 Å². The molecule has 28 heavy (non-hydrogen) atoms. The Balaban J connectivity index is 1.58. The standard InChI is InChI=1S/C20H28N4O3S/c1-22(2)19(26)15-5-3-6-16(13-15)21-18(25)14-24-8-4-7-17(24)20(27)23-9-11-28-12-10-23/h3,5-6,13,17H,4,7-12,14H2,1-2H3,(H,21,25). The third-order valence-electron chi connectivity index (χ3n) is 5.12. The number of likely N-dealkylation sites (tertiary alicyclic amines) is 1. The highest BCUT2D eigenvalue weighted by Gasteiger charge is 2.35. The zero-order chi connectivity index (χ0) is 20.1. The second kappa shape index (κ2) is 9.43. The smallest absolute Gasteiger partial charge is 0.253 e. The molecule has 1 aromatic rings. The van der Waals surface area contributed by atoms with Crippen molar-refractivity contribution in [3.05, 3.63) is 29.8 Å². The minimum Gasteiger partial charge on any atom is -0.345 e. The number of carbonyl (C=O) groups excluding carboxylic acids is 3. The van der Waals surface area contributed by atoms with Gasteiger partial charge in [-0.25, -0.2) is 0 Å². The number of anilines is 1. The Labute approximate surface area is 170 Å². The first-order chi connectivity index (χ1) is 13.5. The number of thioether (sulfide) groups is 1. The molecule has 1 N–H and O–H groups in total. The first-order valence-corrected chi connectivity index (χ1v) is 10.8. The summed E-state index contributed by atoms with van der Waals surface area (Å²) in [6.07, 6.45) is 1.74. The van der Waals surface area contributed by atoms with Gasteiger partial charge in [-0.1, -0.05) is 6.07 Å². The summed E-state index contributed by atoms with van der Waals surface area (Å²) in [5.74, 6) is 1.86. The van der Waals surface area contributed by atoms with E-state index in [0.717, 1.165) is 44.0 Å². The lowest BCUT2D eigenvalue weighted by atomic mass is 10.1. The van der Waals surface area contributed by atoms with Crippen molar-refractivity contribution in [3.63, 3.8) is 0 Å². The molecule has 0 bridgehead atoms. The molecule has 2 fully saturated rings. The molecule has 1 atom stereocenters. The Bertz CT molecular complexity index is 734. The summed E-state index contributed by atoms with van der Waals surface area (Å²) in [4.78, 5) is 42.9. The fourth-order valence-corrected chi connectivity index (χ4v) is 4.57. The van der Waals surface area contributed by atoms with Crippen LogP contribution in [-0.2, 0) is 9.59 Å². The van der Waals surface area contributed by atoms with Crippen LogP contribution in [0.1, 0.15) is 23.2 Å².